The Balaban J connectivity index is 1.63. The molecule has 1 aromatic carbocycles. The molecular formula is C25H35N5O2. The van der Waals surface area contributed by atoms with Crippen molar-refractivity contribution >= 4 is 11.5 Å². The van der Waals surface area contributed by atoms with E-state index in [0.29, 0.717) is 18.4 Å². The fourth-order valence-electron chi connectivity index (χ4n) is 6.21. The fraction of sp³-hybridized carbons (Fsp3) is 0.600. The number of aromatic nitrogens is 2. The van der Waals surface area contributed by atoms with E-state index in [9.17, 15) is 5.11 Å². The highest BCUT2D eigenvalue weighted by Gasteiger charge is 2.45. The van der Waals surface area contributed by atoms with Crippen LogP contribution >= 0.6 is 0 Å². The smallest absolute Gasteiger partial charge is 0.143 e. The molecule has 0 amide bonds. The molecule has 0 radical (unpaired) electrons. The zero-order valence-electron chi connectivity index (χ0n) is 19.0. The summed E-state index contributed by atoms with van der Waals surface area (Å²) >= 11 is 0. The number of fused-ring (bicyclic) bond motifs is 4. The normalized spacial score (nSPS) is 23.6. The molecule has 1 heterocycles. The van der Waals surface area contributed by atoms with E-state index in [4.69, 9.17) is 21.2 Å². The second kappa shape index (κ2) is 8.52. The van der Waals surface area contributed by atoms with E-state index in [0.717, 1.165) is 73.2 Å². The summed E-state index contributed by atoms with van der Waals surface area (Å²) in [7, 11) is 2.04. The number of nitrogens with zero attached hydrogens (tertiary/aromatic N) is 3. The number of benzene rings is 1. The van der Waals surface area contributed by atoms with E-state index in [1.54, 1.807) is 6.33 Å². The molecule has 2 saturated carbocycles. The maximum Gasteiger partial charge on any atom is 0.143 e. The number of likely N-dealkylation sites (N-methyl/N-ethyl adjacent to an activating group) is 1. The topological polar surface area (TPSA) is 111 Å². The third kappa shape index (κ3) is 3.61. The van der Waals surface area contributed by atoms with Crippen LogP contribution in [0.2, 0.25) is 0 Å². The van der Waals surface area contributed by atoms with Crippen molar-refractivity contribution < 1.29 is 9.84 Å². The van der Waals surface area contributed by atoms with E-state index in [2.05, 4.69) is 22.0 Å². The molecule has 2 fully saturated rings. The molecule has 7 nitrogen and oxygen atoms in total. The van der Waals surface area contributed by atoms with Crippen LogP contribution in [-0.2, 0) is 11.8 Å². The summed E-state index contributed by atoms with van der Waals surface area (Å²) in [4.78, 5) is 11.2. The van der Waals surface area contributed by atoms with Gasteiger partial charge in [-0.3, -0.25) is 0 Å². The molecule has 1 aromatic heterocycles. The van der Waals surface area contributed by atoms with Gasteiger partial charge in [-0.2, -0.15) is 0 Å². The van der Waals surface area contributed by atoms with Crippen LogP contribution in [-0.4, -0.2) is 47.4 Å². The Morgan fingerprint density at radius 2 is 1.91 bits per heavy atom. The molecule has 0 atom stereocenters. The molecule has 5 rings (SSSR count). The number of nitrogen functional groups attached to an aromatic ring is 1. The summed E-state index contributed by atoms with van der Waals surface area (Å²) in [6, 6.07) is 4.51. The fourth-order valence-corrected chi connectivity index (χ4v) is 6.21. The molecule has 0 saturated heterocycles. The minimum absolute atomic E-state index is 0.0152. The molecule has 0 aliphatic heterocycles. The maximum atomic E-state index is 9.71. The van der Waals surface area contributed by atoms with Crippen LogP contribution < -0.4 is 21.1 Å². The number of nitrogens with two attached hydrogens (primary N) is 2. The molecule has 172 valence electrons. The van der Waals surface area contributed by atoms with Gasteiger partial charge in [-0.15, -0.1) is 0 Å². The van der Waals surface area contributed by atoms with Crippen molar-refractivity contribution in [2.24, 2.45) is 5.73 Å². The van der Waals surface area contributed by atoms with Gasteiger partial charge in [-0.1, -0.05) is 12.8 Å². The molecule has 3 aliphatic rings. The first-order valence-corrected chi connectivity index (χ1v) is 12.0. The summed E-state index contributed by atoms with van der Waals surface area (Å²) in [5.74, 6) is 1.52. The molecule has 0 bridgehead atoms. The average molecular weight is 438 g/mol. The van der Waals surface area contributed by atoms with Crippen LogP contribution in [0.5, 0.6) is 5.75 Å². The predicted octanol–water partition coefficient (Wildman–Crippen LogP) is 3.17. The Bertz CT molecular complexity index is 981. The summed E-state index contributed by atoms with van der Waals surface area (Å²) < 4.78 is 6.59. The Labute approximate surface area is 190 Å². The van der Waals surface area contributed by atoms with Crippen LogP contribution in [0.3, 0.4) is 0 Å². The van der Waals surface area contributed by atoms with E-state index in [1.165, 1.54) is 18.4 Å². The van der Waals surface area contributed by atoms with E-state index < -0.39 is 0 Å². The van der Waals surface area contributed by atoms with E-state index >= 15 is 0 Å². The first-order chi connectivity index (χ1) is 15.5. The first-order valence-electron chi connectivity index (χ1n) is 12.0. The highest BCUT2D eigenvalue weighted by Crippen LogP contribution is 2.55. The van der Waals surface area contributed by atoms with Crippen LogP contribution in [0.4, 0.5) is 11.5 Å². The largest absolute Gasteiger partial charge is 0.488 e. The summed E-state index contributed by atoms with van der Waals surface area (Å²) in [5, 5.41) is 9.71. The molecule has 5 N–H and O–H groups in total. The lowest BCUT2D eigenvalue weighted by Gasteiger charge is -2.39. The van der Waals surface area contributed by atoms with Crippen molar-refractivity contribution in [1.82, 2.24) is 9.97 Å². The zero-order valence-corrected chi connectivity index (χ0v) is 19.0. The lowest BCUT2D eigenvalue weighted by Crippen LogP contribution is -2.34. The van der Waals surface area contributed by atoms with Crippen molar-refractivity contribution in [1.29, 1.82) is 0 Å². The van der Waals surface area contributed by atoms with Gasteiger partial charge in [-0.05, 0) is 62.6 Å². The second-order valence-corrected chi connectivity index (χ2v) is 9.88. The Kier molecular flexibility index (Phi) is 5.72. The molecule has 1 spiro atoms. The highest BCUT2D eigenvalue weighted by molar-refractivity contribution is 5.83. The van der Waals surface area contributed by atoms with Crippen LogP contribution in [0.1, 0.15) is 62.5 Å². The van der Waals surface area contributed by atoms with Crippen LogP contribution in [0, 0.1) is 0 Å². The zero-order chi connectivity index (χ0) is 22.3. The summed E-state index contributed by atoms with van der Waals surface area (Å²) in [6.07, 6.45) is 11.3. The molecule has 2 aromatic rings. The van der Waals surface area contributed by atoms with Gasteiger partial charge in [0.25, 0.3) is 0 Å². The van der Waals surface area contributed by atoms with Gasteiger partial charge >= 0.3 is 0 Å². The number of hydrogen-bond acceptors (Lipinski definition) is 7. The first kappa shape index (κ1) is 21.5. The van der Waals surface area contributed by atoms with Crippen LogP contribution in [0.25, 0.3) is 11.3 Å². The number of aliphatic hydroxyl groups is 1. The molecule has 32 heavy (non-hydrogen) atoms. The second-order valence-electron chi connectivity index (χ2n) is 9.88. The van der Waals surface area contributed by atoms with Crippen molar-refractivity contribution in [3.63, 3.8) is 0 Å². The lowest BCUT2D eigenvalue weighted by molar-refractivity contribution is 0.147. The number of ether oxygens (including phenoxy) is 1. The van der Waals surface area contributed by atoms with Crippen molar-refractivity contribution in [2.45, 2.75) is 75.3 Å². The van der Waals surface area contributed by atoms with Gasteiger partial charge in [0.05, 0.1) is 24.1 Å². The number of hydrogen-bond donors (Lipinski definition) is 3. The third-order valence-electron chi connectivity index (χ3n) is 7.81. The maximum absolute atomic E-state index is 9.71. The van der Waals surface area contributed by atoms with Crippen molar-refractivity contribution in [2.75, 3.05) is 30.8 Å². The van der Waals surface area contributed by atoms with Gasteiger partial charge < -0.3 is 26.2 Å². The molecular weight excluding hydrogens is 402 g/mol. The third-order valence-corrected chi connectivity index (χ3v) is 7.81. The summed E-state index contributed by atoms with van der Waals surface area (Å²) in [6.45, 7) is 0.642. The van der Waals surface area contributed by atoms with Gasteiger partial charge in [0.1, 0.15) is 17.9 Å². The van der Waals surface area contributed by atoms with Gasteiger partial charge in [-0.25, -0.2) is 9.97 Å². The number of aliphatic hydroxyl groups excluding tert-OH is 1. The van der Waals surface area contributed by atoms with Gasteiger partial charge in [0.15, 0.2) is 0 Å². The Morgan fingerprint density at radius 1 is 1.16 bits per heavy atom. The standard InChI is InChI=1S/C25H35N5O2/c1-30(12-13-31)23-19-14-25(10-2-3-11-25)21-22(28-15-29-24(21)27)18(19)8-9-20(23)32-17-6-4-16(26)5-7-17/h8-9,15-17,31H,2-7,10-14,26H2,1H3,(H2,27,28,29)/t16-,17+. The Morgan fingerprint density at radius 3 is 2.62 bits per heavy atom. The predicted molar refractivity (Wildman–Crippen MR) is 127 cm³/mol. The number of anilines is 2. The average Bonchev–Trinajstić information content (AvgIpc) is 3.24. The van der Waals surface area contributed by atoms with E-state index in [-0.39, 0.29) is 18.1 Å². The monoisotopic (exact) mass is 437 g/mol. The highest BCUT2D eigenvalue weighted by atomic mass is 16.5. The molecule has 3 aliphatic carbocycles. The molecule has 7 heteroatoms. The SMILES string of the molecule is CN(CCO)c1c(O[C@H]2CC[C@@H](N)CC2)ccc2c1CC1(CCCC1)c1c(N)ncnc1-2. The van der Waals surface area contributed by atoms with Gasteiger partial charge in [0, 0.05) is 36.2 Å². The van der Waals surface area contributed by atoms with Crippen LogP contribution in [0.15, 0.2) is 18.5 Å². The van der Waals surface area contributed by atoms with Gasteiger partial charge in [0.2, 0.25) is 0 Å². The van der Waals surface area contributed by atoms with Crippen molar-refractivity contribution in [3.8, 4) is 17.0 Å². The number of rotatable bonds is 5. The quantitative estimate of drug-likeness (QED) is 0.659. The minimum atomic E-state index is -0.0152. The van der Waals surface area contributed by atoms with Crippen molar-refractivity contribution in [3.05, 3.63) is 29.6 Å². The minimum Gasteiger partial charge on any atom is -0.488 e. The van der Waals surface area contributed by atoms with E-state index in [1.807, 2.05) is 7.05 Å². The Hall–Kier alpha value is -2.38. The molecule has 0 unspecified atom stereocenters. The summed E-state index contributed by atoms with van der Waals surface area (Å²) in [5.41, 5.74) is 18.1. The lowest BCUT2D eigenvalue weighted by atomic mass is 9.67.